The molecule has 0 saturated carbocycles. The summed E-state index contributed by atoms with van der Waals surface area (Å²) < 4.78 is 34.7. The standard InChI is InChI=1S/C13H11IO4S/c1-17-10-2-6-12(7-3-10)19(15,16)13-8-4-11(18-14)5-9-13/h2-9H,1H3. The summed E-state index contributed by atoms with van der Waals surface area (Å²) in [7, 11) is -1.97. The molecule has 0 aliphatic rings. The van der Waals surface area contributed by atoms with Gasteiger partial charge in [0.1, 0.15) is 11.5 Å². The second kappa shape index (κ2) is 5.79. The van der Waals surface area contributed by atoms with Crippen LogP contribution in [0.5, 0.6) is 11.5 Å². The monoisotopic (exact) mass is 390 g/mol. The number of ether oxygens (including phenoxy) is 1. The zero-order valence-corrected chi connectivity index (χ0v) is 13.0. The number of hydrogen-bond donors (Lipinski definition) is 0. The molecule has 100 valence electrons. The molecule has 0 aromatic heterocycles. The topological polar surface area (TPSA) is 52.6 Å². The van der Waals surface area contributed by atoms with Gasteiger partial charge in [-0.3, -0.25) is 0 Å². The second-order valence-corrected chi connectivity index (χ2v) is 6.12. The number of sulfone groups is 1. The van der Waals surface area contributed by atoms with Crippen molar-refractivity contribution in [2.45, 2.75) is 9.79 Å². The quantitative estimate of drug-likeness (QED) is 0.753. The van der Waals surface area contributed by atoms with Crippen LogP contribution < -0.4 is 7.80 Å². The van der Waals surface area contributed by atoms with E-state index in [1.54, 1.807) is 47.3 Å². The Bertz CT molecular complexity index is 595. The van der Waals surface area contributed by atoms with Crippen molar-refractivity contribution < 1.29 is 16.2 Å². The molecule has 0 radical (unpaired) electrons. The molecule has 2 aromatic carbocycles. The average Bonchev–Trinajstić information content (AvgIpc) is 2.47. The van der Waals surface area contributed by atoms with Crippen LogP contribution in [0.25, 0.3) is 0 Å². The Morgan fingerprint density at radius 2 is 1.26 bits per heavy atom. The SMILES string of the molecule is COc1ccc(S(=O)(=O)c2ccc(OI)cc2)cc1. The Labute approximate surface area is 126 Å². The summed E-state index contributed by atoms with van der Waals surface area (Å²) in [6.07, 6.45) is 0. The first-order valence-electron chi connectivity index (χ1n) is 5.36. The lowest BCUT2D eigenvalue weighted by Crippen LogP contribution is -2.01. The first kappa shape index (κ1) is 14.1. The minimum absolute atomic E-state index is 0.231. The normalized spacial score (nSPS) is 11.1. The Balaban J connectivity index is 2.39. The van der Waals surface area contributed by atoms with Gasteiger partial charge in [0.05, 0.1) is 16.9 Å². The smallest absolute Gasteiger partial charge is 0.206 e. The van der Waals surface area contributed by atoms with Crippen molar-refractivity contribution in [1.29, 1.82) is 0 Å². The van der Waals surface area contributed by atoms with Crippen LogP contribution in [0.1, 0.15) is 0 Å². The van der Waals surface area contributed by atoms with Crippen molar-refractivity contribution in [3.05, 3.63) is 48.5 Å². The van der Waals surface area contributed by atoms with Gasteiger partial charge in [0.2, 0.25) is 9.84 Å². The highest BCUT2D eigenvalue weighted by molar-refractivity contribution is 14.1. The maximum atomic E-state index is 12.3. The number of benzene rings is 2. The molecule has 0 atom stereocenters. The highest BCUT2D eigenvalue weighted by atomic mass is 127. The van der Waals surface area contributed by atoms with E-state index in [1.165, 1.54) is 31.4 Å². The third-order valence-corrected chi connectivity index (χ3v) is 4.89. The molecule has 0 saturated heterocycles. The third-order valence-electron chi connectivity index (χ3n) is 2.59. The lowest BCUT2D eigenvalue weighted by Gasteiger charge is -2.06. The molecule has 19 heavy (non-hydrogen) atoms. The van der Waals surface area contributed by atoms with Gasteiger partial charge in [-0.1, -0.05) is 0 Å². The zero-order chi connectivity index (χ0) is 13.9. The molecule has 2 aromatic rings. The first-order chi connectivity index (χ1) is 9.07. The van der Waals surface area contributed by atoms with Crippen molar-refractivity contribution in [1.82, 2.24) is 0 Å². The molecular weight excluding hydrogens is 379 g/mol. The van der Waals surface area contributed by atoms with E-state index in [0.717, 1.165) is 0 Å². The Morgan fingerprint density at radius 3 is 1.63 bits per heavy atom. The van der Waals surface area contributed by atoms with Crippen LogP contribution in [0.4, 0.5) is 0 Å². The maximum absolute atomic E-state index is 12.3. The lowest BCUT2D eigenvalue weighted by atomic mass is 10.3. The van der Waals surface area contributed by atoms with E-state index in [1.807, 2.05) is 0 Å². The minimum Gasteiger partial charge on any atom is -0.497 e. The second-order valence-electron chi connectivity index (χ2n) is 3.73. The minimum atomic E-state index is -3.50. The van der Waals surface area contributed by atoms with Gasteiger partial charge in [0, 0.05) is 0 Å². The zero-order valence-electron chi connectivity index (χ0n) is 10.0. The molecular formula is C13H11IO4S. The lowest BCUT2D eigenvalue weighted by molar-refractivity contribution is 0.414. The van der Waals surface area contributed by atoms with Gasteiger partial charge in [0.15, 0.2) is 23.0 Å². The van der Waals surface area contributed by atoms with Crippen molar-refractivity contribution in [2.75, 3.05) is 7.11 Å². The highest BCUT2D eigenvalue weighted by Crippen LogP contribution is 2.25. The molecule has 0 spiro atoms. The fourth-order valence-corrected chi connectivity index (χ4v) is 3.12. The van der Waals surface area contributed by atoms with Crippen LogP contribution in [0.2, 0.25) is 0 Å². The van der Waals surface area contributed by atoms with E-state index in [-0.39, 0.29) is 9.79 Å². The van der Waals surface area contributed by atoms with E-state index in [0.29, 0.717) is 11.5 Å². The molecule has 2 rings (SSSR count). The molecule has 0 amide bonds. The molecule has 0 bridgehead atoms. The summed E-state index contributed by atoms with van der Waals surface area (Å²) in [5.41, 5.74) is 0. The first-order valence-corrected chi connectivity index (χ1v) is 7.72. The van der Waals surface area contributed by atoms with Crippen molar-refractivity contribution in [3.63, 3.8) is 0 Å². The Hall–Kier alpha value is -1.28. The molecule has 0 heterocycles. The van der Waals surface area contributed by atoms with Crippen LogP contribution in [0, 0.1) is 0 Å². The fourth-order valence-electron chi connectivity index (χ4n) is 1.56. The van der Waals surface area contributed by atoms with E-state index < -0.39 is 9.84 Å². The van der Waals surface area contributed by atoms with E-state index in [9.17, 15) is 8.42 Å². The molecule has 6 heteroatoms. The summed E-state index contributed by atoms with van der Waals surface area (Å²) in [5.74, 6) is 1.22. The van der Waals surface area contributed by atoms with E-state index in [4.69, 9.17) is 7.80 Å². The molecule has 0 fully saturated rings. The fraction of sp³-hybridized carbons (Fsp3) is 0.0769. The summed E-state index contributed by atoms with van der Waals surface area (Å²) in [5, 5.41) is 0. The van der Waals surface area contributed by atoms with Gasteiger partial charge in [-0.25, -0.2) is 8.42 Å². The average molecular weight is 390 g/mol. The summed E-state index contributed by atoms with van der Waals surface area (Å²) in [6, 6.07) is 12.6. The molecule has 0 N–H and O–H groups in total. The van der Waals surface area contributed by atoms with Crippen molar-refractivity contribution in [3.8, 4) is 11.5 Å². The predicted octanol–water partition coefficient (Wildman–Crippen LogP) is 3.26. The summed E-state index contributed by atoms with van der Waals surface area (Å²) >= 11 is 1.74. The summed E-state index contributed by atoms with van der Waals surface area (Å²) in [6.45, 7) is 0. The van der Waals surface area contributed by atoms with Gasteiger partial charge in [-0.05, 0) is 48.5 Å². The van der Waals surface area contributed by atoms with Crippen LogP contribution >= 0.6 is 23.0 Å². The maximum Gasteiger partial charge on any atom is 0.206 e. The number of methoxy groups -OCH3 is 1. The van der Waals surface area contributed by atoms with Crippen LogP contribution in [0.3, 0.4) is 0 Å². The van der Waals surface area contributed by atoms with Crippen LogP contribution in [-0.2, 0) is 9.84 Å². The van der Waals surface area contributed by atoms with Gasteiger partial charge < -0.3 is 7.80 Å². The van der Waals surface area contributed by atoms with Gasteiger partial charge in [-0.2, -0.15) is 0 Å². The Morgan fingerprint density at radius 1 is 0.842 bits per heavy atom. The van der Waals surface area contributed by atoms with E-state index >= 15 is 0 Å². The van der Waals surface area contributed by atoms with Gasteiger partial charge in [0.25, 0.3) is 0 Å². The predicted molar refractivity (Wildman–Crippen MR) is 79.5 cm³/mol. The van der Waals surface area contributed by atoms with Gasteiger partial charge >= 0.3 is 0 Å². The Kier molecular flexibility index (Phi) is 4.31. The molecule has 0 unspecified atom stereocenters. The number of rotatable bonds is 4. The molecule has 4 nitrogen and oxygen atoms in total. The van der Waals surface area contributed by atoms with Gasteiger partial charge in [-0.15, -0.1) is 0 Å². The number of halogens is 1. The van der Waals surface area contributed by atoms with Crippen molar-refractivity contribution >= 4 is 32.8 Å². The third kappa shape index (κ3) is 3.01. The van der Waals surface area contributed by atoms with Crippen LogP contribution in [-0.4, -0.2) is 15.5 Å². The summed E-state index contributed by atoms with van der Waals surface area (Å²) in [4.78, 5) is 0.464. The number of hydrogen-bond acceptors (Lipinski definition) is 4. The highest BCUT2D eigenvalue weighted by Gasteiger charge is 2.17. The van der Waals surface area contributed by atoms with Crippen molar-refractivity contribution in [2.24, 2.45) is 0 Å². The van der Waals surface area contributed by atoms with E-state index in [2.05, 4.69) is 0 Å². The van der Waals surface area contributed by atoms with Crippen LogP contribution in [0.15, 0.2) is 58.3 Å². The molecule has 0 aliphatic heterocycles. The molecule has 0 aliphatic carbocycles. The largest absolute Gasteiger partial charge is 0.497 e.